The van der Waals surface area contributed by atoms with Crippen LogP contribution in [0.3, 0.4) is 0 Å². The number of alkyl halides is 4. The average molecular weight is 794 g/mol. The van der Waals surface area contributed by atoms with E-state index >= 15 is 0 Å². The summed E-state index contributed by atoms with van der Waals surface area (Å²) in [6.45, 7) is 14.7. The molecule has 0 aromatic heterocycles. The second-order valence-electron chi connectivity index (χ2n) is 16.7. The van der Waals surface area contributed by atoms with E-state index in [2.05, 4.69) is 80.8 Å². The molecule has 2 heterocycles. The van der Waals surface area contributed by atoms with Crippen molar-refractivity contribution < 1.29 is 27.1 Å². The zero-order valence-electron chi connectivity index (χ0n) is 29.7. The molecular formula is C39H52BrCl2F4NO2. The van der Waals surface area contributed by atoms with Gasteiger partial charge in [0.2, 0.25) is 11.8 Å². The summed E-state index contributed by atoms with van der Waals surface area (Å²) in [6.07, 6.45) is 4.82. The molecule has 1 saturated heterocycles. The van der Waals surface area contributed by atoms with Gasteiger partial charge < -0.3 is 9.57 Å². The largest absolute Gasteiger partial charge is 0.395 e. The van der Waals surface area contributed by atoms with Crippen molar-refractivity contribution in [3.05, 3.63) is 67.6 Å². The highest BCUT2D eigenvalue weighted by Gasteiger charge is 2.54. The highest BCUT2D eigenvalue weighted by atomic mass is 79.9. The van der Waals surface area contributed by atoms with Crippen molar-refractivity contribution in [2.75, 3.05) is 19.8 Å². The molecule has 2 aliphatic carbocycles. The van der Waals surface area contributed by atoms with E-state index in [1.807, 2.05) is 18.2 Å². The van der Waals surface area contributed by atoms with E-state index < -0.39 is 11.8 Å². The molecule has 2 aliphatic heterocycles. The van der Waals surface area contributed by atoms with Crippen molar-refractivity contribution >= 4 is 44.8 Å². The molecular weight excluding hydrogens is 741 g/mol. The zero-order chi connectivity index (χ0) is 36.3. The molecule has 0 spiro atoms. The molecule has 3 unspecified atom stereocenters. The second-order valence-corrected chi connectivity index (χ2v) is 18.5. The molecule has 10 heteroatoms. The standard InChI is InChI=1S/C20H27ClF2O.C12H16BrCl.C7H9F2NO/c1-18(2,3)7-6-14-4-5-15(10-17(14)21)19-8-9-20(22,23)11-16(19)12-24-13-19;1-12(2,3)7-6-9-4-5-10(13)8-11(9)14;8-7(9)2-1-6-5(3-7)4-11-10-6/h4-5,10,16H,6-9,11-13H2,1-3H3;4-5,8H,6-7H2,1-3H3;5H,1-4H2. The van der Waals surface area contributed by atoms with Gasteiger partial charge in [-0.25, -0.2) is 17.6 Å². The Bertz CT molecular complexity index is 1460. The number of ether oxygens (including phenoxy) is 1. The minimum atomic E-state index is -2.56. The number of oxime groups is 1. The summed E-state index contributed by atoms with van der Waals surface area (Å²) < 4.78 is 59.7. The van der Waals surface area contributed by atoms with Gasteiger partial charge in [0, 0.05) is 51.5 Å². The lowest BCUT2D eigenvalue weighted by Gasteiger charge is -2.41. The van der Waals surface area contributed by atoms with E-state index in [4.69, 9.17) is 32.8 Å². The summed E-state index contributed by atoms with van der Waals surface area (Å²) in [5, 5.41) is 5.33. The average Bonchev–Trinajstić information content (AvgIpc) is 3.61. The van der Waals surface area contributed by atoms with Crippen LogP contribution in [0, 0.1) is 22.7 Å². The van der Waals surface area contributed by atoms with Crippen LogP contribution in [0.1, 0.15) is 110 Å². The van der Waals surface area contributed by atoms with Crippen LogP contribution < -0.4 is 0 Å². The van der Waals surface area contributed by atoms with Crippen LogP contribution in [0.4, 0.5) is 17.6 Å². The lowest BCUT2D eigenvalue weighted by molar-refractivity contribution is -0.0676. The third kappa shape index (κ3) is 11.8. The van der Waals surface area contributed by atoms with Gasteiger partial charge in [0.05, 0.1) is 18.9 Å². The maximum absolute atomic E-state index is 13.8. The monoisotopic (exact) mass is 791 g/mol. The third-order valence-electron chi connectivity index (χ3n) is 10.1. The summed E-state index contributed by atoms with van der Waals surface area (Å²) in [4.78, 5) is 4.74. The lowest BCUT2D eigenvalue weighted by atomic mass is 9.63. The Morgan fingerprint density at radius 1 is 0.796 bits per heavy atom. The van der Waals surface area contributed by atoms with Gasteiger partial charge in [-0.2, -0.15) is 0 Å². The summed E-state index contributed by atoms with van der Waals surface area (Å²) >= 11 is 16.1. The van der Waals surface area contributed by atoms with Crippen molar-refractivity contribution in [1.29, 1.82) is 0 Å². The predicted octanol–water partition coefficient (Wildman–Crippen LogP) is 12.9. The van der Waals surface area contributed by atoms with Crippen LogP contribution in [-0.4, -0.2) is 37.4 Å². The van der Waals surface area contributed by atoms with Crippen molar-refractivity contribution in [1.82, 2.24) is 0 Å². The van der Waals surface area contributed by atoms with Crippen molar-refractivity contribution in [2.45, 2.75) is 123 Å². The van der Waals surface area contributed by atoms with E-state index in [0.717, 1.165) is 57.0 Å². The van der Waals surface area contributed by atoms with Crippen molar-refractivity contribution in [3.8, 4) is 0 Å². The fourth-order valence-corrected chi connectivity index (χ4v) is 7.95. The number of rotatable bonds is 5. The number of fused-ring (bicyclic) bond motifs is 2. The van der Waals surface area contributed by atoms with Crippen LogP contribution in [0.2, 0.25) is 10.0 Å². The molecule has 274 valence electrons. The molecule has 4 aliphatic rings. The number of nitrogens with zero attached hydrogens (tertiary/aromatic N) is 1. The van der Waals surface area contributed by atoms with E-state index in [1.165, 1.54) is 5.56 Å². The first-order valence-electron chi connectivity index (χ1n) is 17.4. The fraction of sp³-hybridized carbons (Fsp3) is 0.667. The maximum Gasteiger partial charge on any atom is 0.249 e. The van der Waals surface area contributed by atoms with Gasteiger partial charge in [0.25, 0.3) is 0 Å². The van der Waals surface area contributed by atoms with Crippen LogP contribution in [0.25, 0.3) is 0 Å². The van der Waals surface area contributed by atoms with Gasteiger partial charge in [-0.05, 0) is 90.2 Å². The summed E-state index contributed by atoms with van der Waals surface area (Å²) in [6, 6.07) is 12.3. The molecule has 49 heavy (non-hydrogen) atoms. The van der Waals surface area contributed by atoms with Crippen LogP contribution in [-0.2, 0) is 27.8 Å². The summed E-state index contributed by atoms with van der Waals surface area (Å²) in [5.41, 5.74) is 4.64. The molecule has 2 aromatic rings. The van der Waals surface area contributed by atoms with Crippen molar-refractivity contribution in [3.63, 3.8) is 0 Å². The minimum Gasteiger partial charge on any atom is -0.395 e. The normalized spacial score (nSPS) is 25.4. The van der Waals surface area contributed by atoms with Gasteiger partial charge >= 0.3 is 0 Å². The number of hydrogen-bond acceptors (Lipinski definition) is 3. The van der Waals surface area contributed by atoms with Crippen LogP contribution >= 0.6 is 39.1 Å². The zero-order valence-corrected chi connectivity index (χ0v) is 32.8. The van der Waals surface area contributed by atoms with Crippen molar-refractivity contribution in [2.24, 2.45) is 27.8 Å². The van der Waals surface area contributed by atoms with E-state index in [0.29, 0.717) is 38.1 Å². The highest BCUT2D eigenvalue weighted by Crippen LogP contribution is 2.52. The van der Waals surface area contributed by atoms with Gasteiger partial charge in [-0.1, -0.05) is 104 Å². The number of aryl methyl sites for hydroxylation is 2. The maximum atomic E-state index is 13.8. The molecule has 3 fully saturated rings. The van der Waals surface area contributed by atoms with E-state index in [1.54, 1.807) is 0 Å². The Kier molecular flexibility index (Phi) is 13.3. The van der Waals surface area contributed by atoms with Gasteiger partial charge in [-0.15, -0.1) is 0 Å². The molecule has 0 amide bonds. The quantitative estimate of drug-likeness (QED) is 0.282. The molecule has 3 nitrogen and oxygen atoms in total. The van der Waals surface area contributed by atoms with Crippen LogP contribution in [0.15, 0.2) is 46.0 Å². The van der Waals surface area contributed by atoms with Gasteiger partial charge in [0.1, 0.15) is 6.61 Å². The fourth-order valence-electron chi connectivity index (χ4n) is 6.91. The Balaban J connectivity index is 0.000000183. The molecule has 2 saturated carbocycles. The molecule has 2 aromatic carbocycles. The molecule has 3 atom stereocenters. The molecule has 6 rings (SSSR count). The Morgan fingerprint density at radius 3 is 1.98 bits per heavy atom. The van der Waals surface area contributed by atoms with Gasteiger partial charge in [0.15, 0.2) is 0 Å². The van der Waals surface area contributed by atoms with E-state index in [9.17, 15) is 17.6 Å². The van der Waals surface area contributed by atoms with E-state index in [-0.39, 0.29) is 48.3 Å². The predicted molar refractivity (Wildman–Crippen MR) is 197 cm³/mol. The van der Waals surface area contributed by atoms with Gasteiger partial charge in [-0.3, -0.25) is 0 Å². The molecule has 0 N–H and O–H groups in total. The first-order valence-corrected chi connectivity index (χ1v) is 19.0. The Morgan fingerprint density at radius 2 is 1.39 bits per heavy atom. The number of halogens is 7. The topological polar surface area (TPSA) is 30.8 Å². The minimum absolute atomic E-state index is 0.0593. The second kappa shape index (κ2) is 16.1. The summed E-state index contributed by atoms with van der Waals surface area (Å²) in [5.74, 6) is -5.27. The Hall–Kier alpha value is -1.35. The SMILES string of the molecule is CC(C)(C)CCc1ccc(Br)cc1Cl.CC(C)(C)CCc1ccc(C23CCC(F)(F)CC2COC3)cc1Cl.FC1(F)CCC2=NOCC2C1. The first-order chi connectivity index (χ1) is 22.7. The number of benzene rings is 2. The smallest absolute Gasteiger partial charge is 0.249 e. The summed E-state index contributed by atoms with van der Waals surface area (Å²) in [7, 11) is 0. The first kappa shape index (κ1) is 40.4. The Labute approximate surface area is 309 Å². The van der Waals surface area contributed by atoms with Crippen LogP contribution in [0.5, 0.6) is 0 Å². The third-order valence-corrected chi connectivity index (χ3v) is 11.3. The lowest BCUT2D eigenvalue weighted by Crippen LogP contribution is -2.43. The highest BCUT2D eigenvalue weighted by molar-refractivity contribution is 9.10. The molecule has 0 bridgehead atoms. The molecule has 0 radical (unpaired) electrons. The number of hydrogen-bond donors (Lipinski definition) is 0.